The molecule has 6 heteroatoms. The van der Waals surface area contributed by atoms with Gasteiger partial charge >= 0.3 is 0 Å². The molecule has 1 aliphatic carbocycles. The number of fused-ring (bicyclic) bond motifs is 1. The summed E-state index contributed by atoms with van der Waals surface area (Å²) in [5.41, 5.74) is 6.61. The molecular weight excluding hydrogens is 240 g/mol. The SMILES string of the molecule is Cc1nnc2c(N(CCN)C3CCCC3)nccn12. The molecular formula is C13H20N6. The zero-order chi connectivity index (χ0) is 13.2. The maximum atomic E-state index is 5.77. The third-order valence-corrected chi connectivity index (χ3v) is 3.89. The molecule has 0 amide bonds. The molecule has 1 aliphatic rings. The van der Waals surface area contributed by atoms with Crippen molar-refractivity contribution in [3.05, 3.63) is 18.2 Å². The first-order chi connectivity index (χ1) is 9.31. The van der Waals surface area contributed by atoms with Gasteiger partial charge in [0.1, 0.15) is 5.82 Å². The van der Waals surface area contributed by atoms with Crippen LogP contribution in [0.1, 0.15) is 31.5 Å². The van der Waals surface area contributed by atoms with E-state index in [0.717, 1.165) is 23.8 Å². The van der Waals surface area contributed by atoms with Crippen LogP contribution in [-0.4, -0.2) is 38.7 Å². The zero-order valence-electron chi connectivity index (χ0n) is 11.3. The number of aryl methyl sites for hydroxylation is 1. The van der Waals surface area contributed by atoms with Crippen LogP contribution in [0, 0.1) is 6.92 Å². The fourth-order valence-electron chi connectivity index (χ4n) is 2.95. The van der Waals surface area contributed by atoms with E-state index in [-0.39, 0.29) is 0 Å². The summed E-state index contributed by atoms with van der Waals surface area (Å²) < 4.78 is 1.99. The molecule has 2 N–H and O–H groups in total. The fraction of sp³-hybridized carbons (Fsp3) is 0.615. The first-order valence-electron chi connectivity index (χ1n) is 6.94. The summed E-state index contributed by atoms with van der Waals surface area (Å²) in [6.45, 7) is 3.40. The lowest BCUT2D eigenvalue weighted by molar-refractivity contribution is 0.602. The highest BCUT2D eigenvalue weighted by atomic mass is 15.3. The molecule has 19 heavy (non-hydrogen) atoms. The minimum Gasteiger partial charge on any atom is -0.349 e. The third kappa shape index (κ3) is 2.16. The molecule has 0 spiro atoms. The molecule has 102 valence electrons. The van der Waals surface area contributed by atoms with Gasteiger partial charge in [0.15, 0.2) is 5.82 Å². The Bertz CT molecular complexity index is 557. The molecule has 2 aromatic heterocycles. The molecule has 0 bridgehead atoms. The molecule has 0 aliphatic heterocycles. The van der Waals surface area contributed by atoms with E-state index in [1.54, 1.807) is 0 Å². The maximum Gasteiger partial charge on any atom is 0.203 e. The summed E-state index contributed by atoms with van der Waals surface area (Å²) in [6, 6.07) is 0.541. The first-order valence-corrected chi connectivity index (χ1v) is 6.94. The quantitative estimate of drug-likeness (QED) is 0.892. The lowest BCUT2D eigenvalue weighted by Gasteiger charge is -2.29. The number of hydrogen-bond acceptors (Lipinski definition) is 5. The van der Waals surface area contributed by atoms with Crippen LogP contribution in [0.15, 0.2) is 12.4 Å². The molecule has 0 unspecified atom stereocenters. The van der Waals surface area contributed by atoms with Gasteiger partial charge in [0.25, 0.3) is 0 Å². The normalized spacial score (nSPS) is 16.3. The third-order valence-electron chi connectivity index (χ3n) is 3.89. The number of nitrogens with zero attached hydrogens (tertiary/aromatic N) is 5. The highest BCUT2D eigenvalue weighted by Gasteiger charge is 2.25. The first kappa shape index (κ1) is 12.3. The van der Waals surface area contributed by atoms with Crippen LogP contribution in [0.25, 0.3) is 5.65 Å². The summed E-state index contributed by atoms with van der Waals surface area (Å²) in [5.74, 6) is 1.80. The molecule has 6 nitrogen and oxygen atoms in total. The van der Waals surface area contributed by atoms with E-state index in [0.29, 0.717) is 12.6 Å². The lowest BCUT2D eigenvalue weighted by Crippen LogP contribution is -2.38. The van der Waals surface area contributed by atoms with Crippen LogP contribution in [0.5, 0.6) is 0 Å². The van der Waals surface area contributed by atoms with Crippen LogP contribution in [-0.2, 0) is 0 Å². The van der Waals surface area contributed by atoms with Gasteiger partial charge in [-0.1, -0.05) is 12.8 Å². The van der Waals surface area contributed by atoms with Crippen molar-refractivity contribution in [1.82, 2.24) is 19.6 Å². The maximum absolute atomic E-state index is 5.77. The van der Waals surface area contributed by atoms with E-state index in [4.69, 9.17) is 5.73 Å². The van der Waals surface area contributed by atoms with E-state index in [9.17, 15) is 0 Å². The largest absolute Gasteiger partial charge is 0.349 e. The summed E-state index contributed by atoms with van der Waals surface area (Å²) >= 11 is 0. The van der Waals surface area contributed by atoms with Crippen molar-refractivity contribution in [2.45, 2.75) is 38.6 Å². The summed E-state index contributed by atoms with van der Waals surface area (Å²) in [6.07, 6.45) is 8.74. The Hall–Kier alpha value is -1.69. The Labute approximate surface area is 112 Å². The molecule has 0 aromatic carbocycles. The van der Waals surface area contributed by atoms with E-state index >= 15 is 0 Å². The molecule has 1 saturated carbocycles. The van der Waals surface area contributed by atoms with Crippen molar-refractivity contribution in [2.24, 2.45) is 5.73 Å². The van der Waals surface area contributed by atoms with Gasteiger partial charge < -0.3 is 10.6 Å². The van der Waals surface area contributed by atoms with Crippen LogP contribution < -0.4 is 10.6 Å². The van der Waals surface area contributed by atoms with Crippen molar-refractivity contribution in [2.75, 3.05) is 18.0 Å². The Morgan fingerprint density at radius 2 is 2.16 bits per heavy atom. The predicted molar refractivity (Wildman–Crippen MR) is 74.2 cm³/mol. The monoisotopic (exact) mass is 260 g/mol. The minimum absolute atomic E-state index is 0.541. The summed E-state index contributed by atoms with van der Waals surface area (Å²) in [5, 5.41) is 8.40. The number of rotatable bonds is 4. The van der Waals surface area contributed by atoms with Gasteiger partial charge in [0.2, 0.25) is 5.65 Å². The molecule has 0 saturated heterocycles. The average molecular weight is 260 g/mol. The topological polar surface area (TPSA) is 72.3 Å². The second kappa shape index (κ2) is 5.13. The standard InChI is InChI=1S/C13H20N6/c1-10-16-17-13-12(15-7-9-18(10)13)19(8-6-14)11-4-2-3-5-11/h7,9,11H,2-6,8,14H2,1H3. The molecule has 2 heterocycles. The summed E-state index contributed by atoms with van der Waals surface area (Å²) in [4.78, 5) is 6.85. The smallest absolute Gasteiger partial charge is 0.203 e. The Morgan fingerprint density at radius 3 is 2.89 bits per heavy atom. The highest BCUT2D eigenvalue weighted by molar-refractivity contribution is 5.64. The van der Waals surface area contributed by atoms with Crippen molar-refractivity contribution in [1.29, 1.82) is 0 Å². The van der Waals surface area contributed by atoms with Gasteiger partial charge in [-0.25, -0.2) is 4.98 Å². The molecule has 2 aromatic rings. The van der Waals surface area contributed by atoms with E-state index in [2.05, 4.69) is 20.1 Å². The van der Waals surface area contributed by atoms with E-state index in [1.807, 2.05) is 23.7 Å². The number of aromatic nitrogens is 4. The number of hydrogen-bond donors (Lipinski definition) is 1. The number of nitrogens with two attached hydrogens (primary N) is 1. The minimum atomic E-state index is 0.541. The van der Waals surface area contributed by atoms with Crippen molar-refractivity contribution in [3.8, 4) is 0 Å². The van der Waals surface area contributed by atoms with Crippen molar-refractivity contribution < 1.29 is 0 Å². The Morgan fingerprint density at radius 1 is 1.37 bits per heavy atom. The van der Waals surface area contributed by atoms with Crippen LogP contribution in [0.4, 0.5) is 5.82 Å². The van der Waals surface area contributed by atoms with Gasteiger partial charge in [-0.3, -0.25) is 4.40 Å². The number of anilines is 1. The molecule has 0 atom stereocenters. The van der Waals surface area contributed by atoms with Crippen LogP contribution >= 0.6 is 0 Å². The molecule has 3 rings (SSSR count). The Balaban J connectivity index is 2.03. The van der Waals surface area contributed by atoms with Crippen molar-refractivity contribution in [3.63, 3.8) is 0 Å². The van der Waals surface area contributed by atoms with E-state index < -0.39 is 0 Å². The second-order valence-corrected chi connectivity index (χ2v) is 5.11. The van der Waals surface area contributed by atoms with Gasteiger partial charge in [-0.15, -0.1) is 10.2 Å². The summed E-state index contributed by atoms with van der Waals surface area (Å²) in [7, 11) is 0. The second-order valence-electron chi connectivity index (χ2n) is 5.11. The fourth-order valence-corrected chi connectivity index (χ4v) is 2.95. The van der Waals surface area contributed by atoms with Gasteiger partial charge in [-0.05, 0) is 19.8 Å². The van der Waals surface area contributed by atoms with Gasteiger partial charge in [0.05, 0.1) is 0 Å². The van der Waals surface area contributed by atoms with Crippen molar-refractivity contribution >= 4 is 11.5 Å². The molecule has 1 fully saturated rings. The molecule has 0 radical (unpaired) electrons. The van der Waals surface area contributed by atoms with Gasteiger partial charge in [-0.2, -0.15) is 0 Å². The predicted octanol–water partition coefficient (Wildman–Crippen LogP) is 1.14. The highest BCUT2D eigenvalue weighted by Crippen LogP contribution is 2.28. The van der Waals surface area contributed by atoms with Crippen LogP contribution in [0.2, 0.25) is 0 Å². The lowest BCUT2D eigenvalue weighted by atomic mass is 10.2. The van der Waals surface area contributed by atoms with E-state index in [1.165, 1.54) is 25.7 Å². The average Bonchev–Trinajstić information content (AvgIpc) is 3.06. The zero-order valence-corrected chi connectivity index (χ0v) is 11.3. The van der Waals surface area contributed by atoms with Gasteiger partial charge in [0, 0.05) is 31.5 Å². The Kier molecular flexibility index (Phi) is 3.33. The van der Waals surface area contributed by atoms with Crippen LogP contribution in [0.3, 0.4) is 0 Å².